The van der Waals surface area contributed by atoms with Crippen molar-refractivity contribution in [3.8, 4) is 0 Å². The fraction of sp³-hybridized carbons (Fsp3) is 0.455. The van der Waals surface area contributed by atoms with Crippen LogP contribution in [0.4, 0.5) is 0 Å². The second kappa shape index (κ2) is 7.81. The molecule has 0 spiro atoms. The summed E-state index contributed by atoms with van der Waals surface area (Å²) in [5, 5.41) is 9.14. The van der Waals surface area contributed by atoms with E-state index in [0.29, 0.717) is 41.9 Å². The maximum absolute atomic E-state index is 13.3. The van der Waals surface area contributed by atoms with E-state index in [4.69, 9.17) is 10.4 Å². The van der Waals surface area contributed by atoms with Crippen LogP contribution >= 0.6 is 0 Å². The number of nitrogens with one attached hydrogen (secondary N) is 1. The number of hydrogen-bond donors (Lipinski definition) is 1. The summed E-state index contributed by atoms with van der Waals surface area (Å²) in [6, 6.07) is 5.32. The molecule has 1 aliphatic heterocycles. The number of hydrogen-bond acceptors (Lipinski definition) is 4. The molecule has 7 heteroatoms. The summed E-state index contributed by atoms with van der Waals surface area (Å²) in [6.45, 7) is 5.97. The van der Waals surface area contributed by atoms with Crippen molar-refractivity contribution in [2.45, 2.75) is 52.5 Å². The van der Waals surface area contributed by atoms with Gasteiger partial charge in [-0.05, 0) is 50.3 Å². The molecule has 0 aromatic carbocycles. The van der Waals surface area contributed by atoms with Crippen LogP contribution in [0.5, 0.6) is 0 Å². The molecule has 0 saturated carbocycles. The molecule has 0 bridgehead atoms. The highest BCUT2D eigenvalue weighted by Gasteiger charge is 2.23. The van der Waals surface area contributed by atoms with Crippen LogP contribution in [0.1, 0.15) is 54.9 Å². The molecule has 4 rings (SSSR count). The maximum Gasteiger partial charge on any atom is 0.267 e. The van der Waals surface area contributed by atoms with Gasteiger partial charge in [0.15, 0.2) is 0 Å². The highest BCUT2D eigenvalue weighted by atomic mass is 16.2. The molecule has 29 heavy (non-hydrogen) atoms. The van der Waals surface area contributed by atoms with Crippen molar-refractivity contribution in [2.75, 3.05) is 13.1 Å². The van der Waals surface area contributed by atoms with Crippen molar-refractivity contribution in [3.63, 3.8) is 0 Å². The molecule has 1 fully saturated rings. The largest absolute Gasteiger partial charge is 0.339 e. The number of carbonyl (C=O) groups excluding carboxylic acids is 1. The third-order valence-electron chi connectivity index (χ3n) is 5.74. The first-order valence-electron chi connectivity index (χ1n) is 10.4. The highest BCUT2D eigenvalue weighted by molar-refractivity contribution is 5.97. The van der Waals surface area contributed by atoms with Gasteiger partial charge in [0.05, 0.1) is 10.9 Å². The minimum absolute atomic E-state index is 0.145. The molecule has 152 valence electrons. The SMILES string of the molecule is CCCCn1c(=N)c(C(=O)N2CCCCC2)cc2c(=O)n3cccc(C)c3nc21. The Balaban J connectivity index is 2.00. The predicted octanol–water partition coefficient (Wildman–Crippen LogP) is 2.86. The minimum Gasteiger partial charge on any atom is -0.339 e. The average molecular weight is 393 g/mol. The van der Waals surface area contributed by atoms with Crippen LogP contribution in [0.3, 0.4) is 0 Å². The van der Waals surface area contributed by atoms with Crippen molar-refractivity contribution in [1.82, 2.24) is 18.9 Å². The van der Waals surface area contributed by atoms with Gasteiger partial charge in [-0.1, -0.05) is 19.4 Å². The Labute approximate surface area is 169 Å². The van der Waals surface area contributed by atoms with Crippen LogP contribution in [0.15, 0.2) is 29.2 Å². The Morgan fingerprint density at radius 3 is 2.69 bits per heavy atom. The number of unbranched alkanes of at least 4 members (excludes halogenated alkanes) is 1. The van der Waals surface area contributed by atoms with E-state index in [1.54, 1.807) is 16.8 Å². The standard InChI is InChI=1S/C22H27N5O2/c1-3-4-12-26-18(23)16(21(28)25-10-6-5-7-11-25)14-17-20(26)24-19-15(2)9-8-13-27(19)22(17)29/h8-9,13-14,23H,3-7,10-12H2,1-2H3. The van der Waals surface area contributed by atoms with E-state index in [-0.39, 0.29) is 17.0 Å². The fourth-order valence-electron chi connectivity index (χ4n) is 4.06. The predicted molar refractivity (Wildman–Crippen MR) is 112 cm³/mol. The minimum atomic E-state index is -0.202. The highest BCUT2D eigenvalue weighted by Crippen LogP contribution is 2.16. The quantitative estimate of drug-likeness (QED) is 0.692. The Hall–Kier alpha value is -2.96. The Bertz CT molecular complexity index is 1200. The second-order valence-corrected chi connectivity index (χ2v) is 7.80. The van der Waals surface area contributed by atoms with Gasteiger partial charge < -0.3 is 9.47 Å². The number of likely N-dealkylation sites (tertiary alicyclic amines) is 1. The van der Waals surface area contributed by atoms with E-state index < -0.39 is 0 Å². The van der Waals surface area contributed by atoms with Crippen LogP contribution in [-0.2, 0) is 6.54 Å². The fourth-order valence-corrected chi connectivity index (χ4v) is 4.06. The summed E-state index contributed by atoms with van der Waals surface area (Å²) in [4.78, 5) is 33.0. The summed E-state index contributed by atoms with van der Waals surface area (Å²) >= 11 is 0. The van der Waals surface area contributed by atoms with Gasteiger partial charge >= 0.3 is 0 Å². The van der Waals surface area contributed by atoms with E-state index in [1.165, 1.54) is 4.40 Å². The first-order chi connectivity index (χ1) is 14.0. The van der Waals surface area contributed by atoms with Crippen LogP contribution < -0.4 is 11.0 Å². The molecule has 1 amide bonds. The van der Waals surface area contributed by atoms with E-state index >= 15 is 0 Å². The van der Waals surface area contributed by atoms with E-state index in [1.807, 2.05) is 24.0 Å². The lowest BCUT2D eigenvalue weighted by atomic mass is 10.1. The first kappa shape index (κ1) is 19.4. The van der Waals surface area contributed by atoms with Gasteiger partial charge in [0.2, 0.25) is 0 Å². The van der Waals surface area contributed by atoms with Crippen molar-refractivity contribution in [1.29, 1.82) is 5.41 Å². The summed E-state index contributed by atoms with van der Waals surface area (Å²) < 4.78 is 3.27. The number of pyridine rings is 2. The summed E-state index contributed by atoms with van der Waals surface area (Å²) in [5.74, 6) is -0.157. The lowest BCUT2D eigenvalue weighted by molar-refractivity contribution is 0.0721. The molecular formula is C22H27N5O2. The third kappa shape index (κ3) is 3.34. The Morgan fingerprint density at radius 2 is 1.97 bits per heavy atom. The number of rotatable bonds is 4. The smallest absolute Gasteiger partial charge is 0.267 e. The number of piperidine rings is 1. The lowest BCUT2D eigenvalue weighted by Gasteiger charge is -2.27. The van der Waals surface area contributed by atoms with Crippen molar-refractivity contribution >= 4 is 22.6 Å². The molecule has 7 nitrogen and oxygen atoms in total. The van der Waals surface area contributed by atoms with Gasteiger partial charge in [0, 0.05) is 25.8 Å². The molecule has 1 saturated heterocycles. The normalized spacial score (nSPS) is 14.6. The zero-order chi connectivity index (χ0) is 20.5. The molecule has 0 unspecified atom stereocenters. The molecule has 0 aliphatic carbocycles. The van der Waals surface area contributed by atoms with Crippen LogP contribution in [0.2, 0.25) is 0 Å². The molecule has 3 aromatic heterocycles. The number of amides is 1. The van der Waals surface area contributed by atoms with Crippen molar-refractivity contribution < 1.29 is 4.79 Å². The molecule has 3 aromatic rings. The van der Waals surface area contributed by atoms with Gasteiger partial charge in [-0.3, -0.25) is 19.4 Å². The van der Waals surface area contributed by atoms with Crippen LogP contribution in [0.25, 0.3) is 16.7 Å². The number of nitrogens with zero attached hydrogens (tertiary/aromatic N) is 4. The molecule has 0 radical (unpaired) electrons. The second-order valence-electron chi connectivity index (χ2n) is 7.80. The molecular weight excluding hydrogens is 366 g/mol. The van der Waals surface area contributed by atoms with Crippen LogP contribution in [0, 0.1) is 12.3 Å². The summed E-state index contributed by atoms with van der Waals surface area (Å²) in [7, 11) is 0. The van der Waals surface area contributed by atoms with Gasteiger partial charge in [0.25, 0.3) is 11.5 Å². The Kier molecular flexibility index (Phi) is 5.22. The lowest BCUT2D eigenvalue weighted by Crippen LogP contribution is -2.40. The van der Waals surface area contributed by atoms with Gasteiger partial charge in [-0.2, -0.15) is 0 Å². The monoisotopic (exact) mass is 393 g/mol. The number of aromatic nitrogens is 3. The van der Waals surface area contributed by atoms with Gasteiger partial charge in [-0.15, -0.1) is 0 Å². The Morgan fingerprint density at radius 1 is 1.21 bits per heavy atom. The molecule has 1 N–H and O–H groups in total. The zero-order valence-electron chi connectivity index (χ0n) is 17.1. The number of fused-ring (bicyclic) bond motifs is 2. The third-order valence-corrected chi connectivity index (χ3v) is 5.74. The van der Waals surface area contributed by atoms with E-state index in [0.717, 1.165) is 37.7 Å². The van der Waals surface area contributed by atoms with E-state index in [2.05, 4.69) is 6.92 Å². The number of carbonyl (C=O) groups is 1. The van der Waals surface area contributed by atoms with E-state index in [9.17, 15) is 9.59 Å². The molecule has 4 heterocycles. The van der Waals surface area contributed by atoms with Gasteiger partial charge in [0.1, 0.15) is 16.8 Å². The molecule has 1 aliphatic rings. The summed E-state index contributed by atoms with van der Waals surface area (Å²) in [6.07, 6.45) is 6.59. The van der Waals surface area contributed by atoms with Gasteiger partial charge in [-0.25, -0.2) is 4.98 Å². The first-order valence-corrected chi connectivity index (χ1v) is 10.4. The van der Waals surface area contributed by atoms with Crippen molar-refractivity contribution in [3.05, 3.63) is 51.4 Å². The van der Waals surface area contributed by atoms with Crippen molar-refractivity contribution in [2.24, 2.45) is 0 Å². The number of aryl methyl sites for hydroxylation is 2. The van der Waals surface area contributed by atoms with Crippen LogP contribution in [-0.4, -0.2) is 37.8 Å². The zero-order valence-corrected chi connectivity index (χ0v) is 17.1. The summed E-state index contributed by atoms with van der Waals surface area (Å²) in [5.41, 5.74) is 2.20. The molecule has 0 atom stereocenters. The topological polar surface area (TPSA) is 83.5 Å². The maximum atomic E-state index is 13.3. The average Bonchev–Trinajstić information content (AvgIpc) is 2.74.